The Kier molecular flexibility index (Phi) is 7.49. The highest BCUT2D eigenvalue weighted by atomic mass is 127. The van der Waals surface area contributed by atoms with Crippen LogP contribution in [0.1, 0.15) is 31.2 Å². The van der Waals surface area contributed by atoms with Crippen molar-refractivity contribution in [1.29, 1.82) is 0 Å². The molecule has 6 heteroatoms. The summed E-state index contributed by atoms with van der Waals surface area (Å²) in [5.74, 6) is 1.53. The van der Waals surface area contributed by atoms with E-state index in [0.717, 1.165) is 43.4 Å². The van der Waals surface area contributed by atoms with Gasteiger partial charge in [-0.1, -0.05) is 18.2 Å². The maximum Gasteiger partial charge on any atom is 0.193 e. The molecule has 0 saturated heterocycles. The molecule has 2 aliphatic rings. The summed E-state index contributed by atoms with van der Waals surface area (Å²) >= 11 is 0. The van der Waals surface area contributed by atoms with Gasteiger partial charge in [0.1, 0.15) is 5.82 Å². The maximum atomic E-state index is 14.1. The highest BCUT2D eigenvalue weighted by molar-refractivity contribution is 14.0. The predicted molar refractivity (Wildman–Crippen MR) is 110 cm³/mol. The number of nitrogens with one attached hydrogen (secondary N) is 1. The standard InChI is InChI=1S/C19H28FN3O.HI/c1-21-18(23(2)11-12-24-13-15-7-8-15)22-14-19(9-10-19)16-5-3-4-6-17(16)20;/h3-6,15H,7-14H2,1-2H3,(H,21,22);1H. The Hall–Kier alpha value is -0.890. The van der Waals surface area contributed by atoms with Gasteiger partial charge in [0.05, 0.1) is 6.61 Å². The van der Waals surface area contributed by atoms with Crippen LogP contribution in [0.2, 0.25) is 0 Å². The lowest BCUT2D eigenvalue weighted by atomic mass is 9.95. The number of hydrogen-bond acceptors (Lipinski definition) is 2. The fourth-order valence-corrected chi connectivity index (χ4v) is 3.06. The molecule has 0 aliphatic heterocycles. The molecule has 2 aliphatic carbocycles. The van der Waals surface area contributed by atoms with Crippen molar-refractivity contribution in [2.75, 3.05) is 40.4 Å². The maximum absolute atomic E-state index is 14.1. The third-order valence-corrected chi connectivity index (χ3v) is 5.08. The number of benzene rings is 1. The Morgan fingerprint density at radius 2 is 2.08 bits per heavy atom. The Morgan fingerprint density at radius 3 is 2.68 bits per heavy atom. The highest BCUT2D eigenvalue weighted by Gasteiger charge is 2.45. The molecule has 25 heavy (non-hydrogen) atoms. The zero-order chi connectivity index (χ0) is 17.0. The molecule has 1 aromatic carbocycles. The van der Waals surface area contributed by atoms with Gasteiger partial charge in [-0.05, 0) is 43.2 Å². The predicted octanol–water partition coefficient (Wildman–Crippen LogP) is 3.41. The van der Waals surface area contributed by atoms with Crippen LogP contribution in [0.4, 0.5) is 4.39 Å². The molecule has 0 heterocycles. The van der Waals surface area contributed by atoms with Crippen molar-refractivity contribution in [2.45, 2.75) is 31.1 Å². The molecule has 0 bridgehead atoms. The van der Waals surface area contributed by atoms with Crippen molar-refractivity contribution in [1.82, 2.24) is 10.2 Å². The second-order valence-electron chi connectivity index (χ2n) is 7.10. The van der Waals surface area contributed by atoms with Crippen LogP contribution in [0.25, 0.3) is 0 Å². The number of rotatable bonds is 8. The van der Waals surface area contributed by atoms with Gasteiger partial charge in [-0.25, -0.2) is 4.39 Å². The number of hydrogen-bond donors (Lipinski definition) is 1. The van der Waals surface area contributed by atoms with E-state index in [4.69, 9.17) is 4.74 Å². The van der Waals surface area contributed by atoms with Crippen molar-refractivity contribution in [3.05, 3.63) is 35.6 Å². The fourth-order valence-electron chi connectivity index (χ4n) is 3.06. The first-order chi connectivity index (χ1) is 11.6. The molecule has 2 saturated carbocycles. The van der Waals surface area contributed by atoms with Gasteiger partial charge in [-0.3, -0.25) is 4.99 Å². The minimum atomic E-state index is -0.103. The summed E-state index contributed by atoms with van der Waals surface area (Å²) in [4.78, 5) is 6.42. The first-order valence-electron chi connectivity index (χ1n) is 8.89. The highest BCUT2D eigenvalue weighted by Crippen LogP contribution is 2.48. The lowest BCUT2D eigenvalue weighted by Gasteiger charge is -2.25. The van der Waals surface area contributed by atoms with Gasteiger partial charge in [-0.15, -0.1) is 24.0 Å². The lowest BCUT2D eigenvalue weighted by Crippen LogP contribution is -2.43. The average molecular weight is 461 g/mol. The largest absolute Gasteiger partial charge is 0.379 e. The van der Waals surface area contributed by atoms with E-state index < -0.39 is 0 Å². The van der Waals surface area contributed by atoms with E-state index in [1.54, 1.807) is 19.2 Å². The summed E-state index contributed by atoms with van der Waals surface area (Å²) in [6, 6.07) is 7.11. The van der Waals surface area contributed by atoms with E-state index in [9.17, 15) is 4.39 Å². The molecule has 0 atom stereocenters. The number of guanidine groups is 1. The molecule has 2 fully saturated rings. The molecular formula is C19H29FIN3O. The third-order valence-electron chi connectivity index (χ3n) is 5.08. The first kappa shape index (κ1) is 20.4. The van der Waals surface area contributed by atoms with Crippen molar-refractivity contribution in [3.63, 3.8) is 0 Å². The Labute approximate surface area is 167 Å². The second-order valence-corrected chi connectivity index (χ2v) is 7.10. The van der Waals surface area contributed by atoms with Crippen molar-refractivity contribution < 1.29 is 9.13 Å². The number of nitrogens with zero attached hydrogens (tertiary/aromatic N) is 2. The van der Waals surface area contributed by atoms with Crippen molar-refractivity contribution >= 4 is 29.9 Å². The summed E-state index contributed by atoms with van der Waals surface area (Å²) in [5.41, 5.74) is 0.744. The van der Waals surface area contributed by atoms with Gasteiger partial charge >= 0.3 is 0 Å². The molecule has 0 amide bonds. The minimum absolute atomic E-state index is 0. The summed E-state index contributed by atoms with van der Waals surface area (Å²) in [6.07, 6.45) is 4.67. The molecule has 3 rings (SSSR count). The van der Waals surface area contributed by atoms with Gasteiger partial charge in [0.25, 0.3) is 0 Å². The molecule has 0 radical (unpaired) electrons. The molecule has 1 N–H and O–H groups in total. The normalized spacial score (nSPS) is 18.4. The zero-order valence-corrected chi connectivity index (χ0v) is 17.5. The summed E-state index contributed by atoms with van der Waals surface area (Å²) in [5, 5.41) is 3.41. The van der Waals surface area contributed by atoms with E-state index in [2.05, 4.69) is 15.2 Å². The number of halogens is 2. The van der Waals surface area contributed by atoms with Crippen LogP contribution < -0.4 is 5.32 Å². The van der Waals surface area contributed by atoms with Crippen LogP contribution in [0.5, 0.6) is 0 Å². The van der Waals surface area contributed by atoms with Crippen LogP contribution in [0.3, 0.4) is 0 Å². The average Bonchev–Trinajstić information content (AvgIpc) is 3.48. The Bertz CT molecular complexity index is 588. The van der Waals surface area contributed by atoms with Crippen LogP contribution in [-0.4, -0.2) is 51.3 Å². The van der Waals surface area contributed by atoms with Gasteiger partial charge in [0, 0.05) is 39.2 Å². The van der Waals surface area contributed by atoms with E-state index >= 15 is 0 Å². The van der Waals surface area contributed by atoms with Crippen LogP contribution >= 0.6 is 24.0 Å². The summed E-state index contributed by atoms with van der Waals surface area (Å²) in [7, 11) is 3.80. The zero-order valence-electron chi connectivity index (χ0n) is 15.1. The molecule has 0 unspecified atom stereocenters. The summed E-state index contributed by atoms with van der Waals surface area (Å²) < 4.78 is 19.8. The minimum Gasteiger partial charge on any atom is -0.379 e. The Balaban J connectivity index is 0.00000225. The monoisotopic (exact) mass is 461 g/mol. The van der Waals surface area contributed by atoms with Crippen molar-refractivity contribution in [3.8, 4) is 0 Å². The van der Waals surface area contributed by atoms with E-state index in [-0.39, 0.29) is 35.2 Å². The van der Waals surface area contributed by atoms with E-state index in [1.807, 2.05) is 19.2 Å². The molecule has 140 valence electrons. The topological polar surface area (TPSA) is 36.9 Å². The third kappa shape index (κ3) is 5.54. The first-order valence-corrected chi connectivity index (χ1v) is 8.89. The quantitative estimate of drug-likeness (QED) is 0.279. The van der Waals surface area contributed by atoms with Gasteiger partial charge in [-0.2, -0.15) is 0 Å². The molecule has 0 aromatic heterocycles. The van der Waals surface area contributed by atoms with Gasteiger partial charge < -0.3 is 15.0 Å². The van der Waals surface area contributed by atoms with Gasteiger partial charge in [0.2, 0.25) is 0 Å². The lowest BCUT2D eigenvalue weighted by molar-refractivity contribution is 0.115. The molecular weight excluding hydrogens is 432 g/mol. The summed E-state index contributed by atoms with van der Waals surface area (Å²) in [6.45, 7) is 3.12. The second kappa shape index (κ2) is 9.16. The van der Waals surface area contributed by atoms with E-state index in [0.29, 0.717) is 13.2 Å². The van der Waals surface area contributed by atoms with Crippen LogP contribution in [-0.2, 0) is 10.2 Å². The smallest absolute Gasteiger partial charge is 0.193 e. The number of likely N-dealkylation sites (N-methyl/N-ethyl adjacent to an activating group) is 1. The molecule has 0 spiro atoms. The van der Waals surface area contributed by atoms with Crippen LogP contribution in [0, 0.1) is 11.7 Å². The molecule has 4 nitrogen and oxygen atoms in total. The number of aliphatic imine (C=N–C) groups is 1. The van der Waals surface area contributed by atoms with Gasteiger partial charge in [0.15, 0.2) is 5.96 Å². The fraction of sp³-hybridized carbons (Fsp3) is 0.632. The SMILES string of the molecule is CN=C(NCC1(c2ccccc2F)CC1)N(C)CCOCC1CC1.I. The number of ether oxygens (including phenoxy) is 1. The molecule has 1 aromatic rings. The van der Waals surface area contributed by atoms with Crippen molar-refractivity contribution in [2.24, 2.45) is 10.9 Å². The van der Waals surface area contributed by atoms with Crippen LogP contribution in [0.15, 0.2) is 29.3 Å². The Morgan fingerprint density at radius 1 is 1.36 bits per heavy atom. The van der Waals surface area contributed by atoms with E-state index in [1.165, 1.54) is 12.8 Å².